The summed E-state index contributed by atoms with van der Waals surface area (Å²) in [5.41, 5.74) is 15.4. The van der Waals surface area contributed by atoms with Crippen molar-refractivity contribution in [3.8, 4) is 22.8 Å². The van der Waals surface area contributed by atoms with Gasteiger partial charge in [-0.3, -0.25) is 0 Å². The van der Waals surface area contributed by atoms with E-state index in [0.29, 0.717) is 47.6 Å². The number of carboxylic acids is 3. The van der Waals surface area contributed by atoms with E-state index in [1.165, 1.54) is 0 Å². The molecule has 0 aliphatic heterocycles. The first-order valence-corrected chi connectivity index (χ1v) is 18.1. The third kappa shape index (κ3) is 16.4. The van der Waals surface area contributed by atoms with Crippen LogP contribution in [0.3, 0.4) is 0 Å². The molecule has 0 fully saturated rings. The van der Waals surface area contributed by atoms with E-state index in [-0.39, 0.29) is 11.2 Å². The highest BCUT2D eigenvalue weighted by atomic mass is 19.4. The number of alkyl halides is 9. The summed E-state index contributed by atoms with van der Waals surface area (Å²) in [4.78, 5) is 41.7. The van der Waals surface area contributed by atoms with Crippen LogP contribution in [0.4, 0.5) is 55.4 Å². The second-order valence-electron chi connectivity index (χ2n) is 14.2. The average molecular weight is 925 g/mol. The number of anilines is 2. The number of aliphatic carboxylic acids is 3. The molecule has 3 aromatic carbocycles. The van der Waals surface area contributed by atoms with Crippen LogP contribution in [-0.4, -0.2) is 105 Å². The van der Waals surface area contributed by atoms with Crippen molar-refractivity contribution in [3.05, 3.63) is 95.8 Å². The number of imidazole rings is 1. The number of fused-ring (bicyclic) bond motifs is 1. The molecule has 8 N–H and O–H groups in total. The van der Waals surface area contributed by atoms with Crippen molar-refractivity contribution in [2.75, 3.05) is 45.3 Å². The maximum atomic E-state index is 16.6. The Morgan fingerprint density at radius 2 is 1.31 bits per heavy atom. The van der Waals surface area contributed by atoms with Crippen molar-refractivity contribution in [3.63, 3.8) is 0 Å². The van der Waals surface area contributed by atoms with E-state index in [0.717, 1.165) is 28.6 Å². The molecule has 0 aliphatic carbocycles. The number of aromatic nitrogens is 3. The molecule has 2 aromatic heterocycles. The number of hydrogen-bond acceptors (Lipinski definition) is 10. The fourth-order valence-electron chi connectivity index (χ4n) is 5.49. The van der Waals surface area contributed by atoms with Gasteiger partial charge in [0.2, 0.25) is 0 Å². The molecule has 5 aromatic rings. The zero-order valence-electron chi connectivity index (χ0n) is 34.3. The number of ether oxygens (including phenoxy) is 2. The van der Waals surface area contributed by atoms with Gasteiger partial charge in [-0.05, 0) is 56.7 Å². The molecule has 0 bridgehead atoms. The molecule has 1 unspecified atom stereocenters. The van der Waals surface area contributed by atoms with Crippen LogP contribution in [0.15, 0.2) is 72.9 Å². The van der Waals surface area contributed by atoms with Crippen LogP contribution in [0.2, 0.25) is 0 Å². The highest BCUT2D eigenvalue weighted by molar-refractivity contribution is 5.93. The second-order valence-corrected chi connectivity index (χ2v) is 14.2. The van der Waals surface area contributed by atoms with Crippen molar-refractivity contribution in [2.24, 2.45) is 5.41 Å². The number of carbonyl (C=O) groups is 3. The number of nitrogens with two attached hydrogens (primary N) is 2. The molecule has 0 spiro atoms. The molecule has 64 heavy (non-hydrogen) atoms. The predicted molar refractivity (Wildman–Crippen MR) is 212 cm³/mol. The van der Waals surface area contributed by atoms with Crippen LogP contribution in [0.25, 0.3) is 22.0 Å². The Bertz CT molecular complexity index is 2300. The minimum Gasteiger partial charge on any atom is -0.494 e. The molecule has 0 amide bonds. The van der Waals surface area contributed by atoms with Gasteiger partial charge in [0.1, 0.15) is 17.4 Å². The Hall–Kier alpha value is -6.85. The van der Waals surface area contributed by atoms with Crippen LogP contribution >= 0.6 is 0 Å². The Morgan fingerprint density at radius 3 is 1.80 bits per heavy atom. The number of pyridine rings is 1. The van der Waals surface area contributed by atoms with E-state index in [9.17, 15) is 39.5 Å². The van der Waals surface area contributed by atoms with Crippen LogP contribution in [0.5, 0.6) is 11.5 Å². The summed E-state index contributed by atoms with van der Waals surface area (Å²) in [6, 6.07) is 20.4. The van der Waals surface area contributed by atoms with Crippen LogP contribution in [-0.2, 0) is 14.4 Å². The highest BCUT2D eigenvalue weighted by Gasteiger charge is 2.39. The second kappa shape index (κ2) is 22.0. The third-order valence-corrected chi connectivity index (χ3v) is 7.89. The quantitative estimate of drug-likeness (QED) is 0.0541. The van der Waals surface area contributed by atoms with Crippen molar-refractivity contribution in [1.29, 1.82) is 0 Å². The first-order chi connectivity index (χ1) is 29.4. The Balaban J connectivity index is 0.000000553. The number of halogens is 10. The molecule has 24 heteroatoms. The summed E-state index contributed by atoms with van der Waals surface area (Å²) < 4.78 is 124. The van der Waals surface area contributed by atoms with Gasteiger partial charge in [-0.1, -0.05) is 44.2 Å². The summed E-state index contributed by atoms with van der Waals surface area (Å²) in [5, 5.41) is 22.9. The van der Waals surface area contributed by atoms with Crippen molar-refractivity contribution in [2.45, 2.75) is 45.2 Å². The van der Waals surface area contributed by atoms with E-state index in [4.69, 9.17) is 60.6 Å². The summed E-state index contributed by atoms with van der Waals surface area (Å²) in [6.07, 6.45) is -13.4. The smallest absolute Gasteiger partial charge is 0.490 e. The number of benzene rings is 3. The monoisotopic (exact) mass is 924 g/mol. The van der Waals surface area contributed by atoms with Crippen LogP contribution in [0, 0.1) is 11.2 Å². The minimum atomic E-state index is -5.08. The van der Waals surface area contributed by atoms with Gasteiger partial charge in [-0.2, -0.15) is 39.5 Å². The molecule has 0 aliphatic rings. The van der Waals surface area contributed by atoms with Gasteiger partial charge in [-0.25, -0.2) is 28.7 Å². The topological polar surface area (TPSA) is 227 Å². The number of nitrogen functional groups attached to an aromatic ring is 2. The largest absolute Gasteiger partial charge is 0.494 e. The average Bonchev–Trinajstić information content (AvgIpc) is 3.65. The number of hydrogen-bond donors (Lipinski definition) is 6. The van der Waals surface area contributed by atoms with E-state index in [1.54, 1.807) is 18.2 Å². The molecule has 0 saturated carbocycles. The third-order valence-electron chi connectivity index (χ3n) is 7.89. The lowest BCUT2D eigenvalue weighted by Crippen LogP contribution is -2.33. The van der Waals surface area contributed by atoms with Gasteiger partial charge in [0.15, 0.2) is 11.6 Å². The molecule has 0 radical (unpaired) electrons. The lowest BCUT2D eigenvalue weighted by atomic mass is 9.91. The van der Waals surface area contributed by atoms with Crippen molar-refractivity contribution < 1.29 is 83.1 Å². The van der Waals surface area contributed by atoms with Gasteiger partial charge >= 0.3 is 36.4 Å². The molecule has 350 valence electrons. The zero-order chi connectivity index (χ0) is 49.0. The van der Waals surface area contributed by atoms with Crippen LogP contribution < -0.4 is 20.9 Å². The van der Waals surface area contributed by atoms with E-state index < -0.39 is 48.2 Å². The molecule has 14 nitrogen and oxygen atoms in total. The number of aromatic amines is 1. The summed E-state index contributed by atoms with van der Waals surface area (Å²) >= 11 is 0. The number of carboxylic acid groups (broad SMARTS) is 3. The molecular formula is C40H42F10N6O8. The number of nitrogens with zero attached hydrogens (tertiary/aromatic N) is 3. The molecular weight excluding hydrogens is 882 g/mol. The lowest BCUT2D eigenvalue weighted by molar-refractivity contribution is -0.193. The SMILES string of the molecule is CCOc1cc(OCC(C)(C)CN(C)C)c(F)c(C(c2cc3cc(N)ccc3c(N)n2)c2nc(-c3ccccc3)c[nH]2)c1.O=C(O)C(F)(F)F.O=C(O)C(F)(F)F.O=C(O)C(F)(F)F. The Kier molecular flexibility index (Phi) is 18.3. The fraction of sp³-hybridized carbons (Fsp3) is 0.325. The highest BCUT2D eigenvalue weighted by Crippen LogP contribution is 2.40. The Labute approximate surface area is 357 Å². The van der Waals surface area contributed by atoms with Crippen molar-refractivity contribution in [1.82, 2.24) is 19.9 Å². The van der Waals surface area contributed by atoms with E-state index >= 15 is 4.39 Å². The lowest BCUT2D eigenvalue weighted by Gasteiger charge is -2.28. The van der Waals surface area contributed by atoms with Gasteiger partial charge < -0.3 is 46.1 Å². The number of rotatable bonds is 11. The maximum absolute atomic E-state index is 16.6. The Morgan fingerprint density at radius 1 is 0.781 bits per heavy atom. The summed E-state index contributed by atoms with van der Waals surface area (Å²) in [6.45, 7) is 7.54. The van der Waals surface area contributed by atoms with Gasteiger partial charge in [0.25, 0.3) is 0 Å². The van der Waals surface area contributed by atoms with Gasteiger partial charge in [0.05, 0.1) is 30.5 Å². The minimum absolute atomic E-state index is 0.102. The molecule has 0 saturated heterocycles. The molecule has 5 rings (SSSR count). The van der Waals surface area contributed by atoms with Gasteiger partial charge in [-0.15, -0.1) is 0 Å². The summed E-state index contributed by atoms with van der Waals surface area (Å²) in [7, 11) is 4.01. The van der Waals surface area contributed by atoms with E-state index in [1.807, 2.05) is 75.7 Å². The first-order valence-electron chi connectivity index (χ1n) is 18.1. The predicted octanol–water partition coefficient (Wildman–Crippen LogP) is 8.37. The van der Waals surface area contributed by atoms with E-state index in [2.05, 4.69) is 23.7 Å². The first kappa shape index (κ1) is 53.3. The fourth-order valence-corrected chi connectivity index (χ4v) is 5.49. The maximum Gasteiger partial charge on any atom is 0.490 e. The normalized spacial score (nSPS) is 12.1. The molecule has 2 heterocycles. The zero-order valence-corrected chi connectivity index (χ0v) is 34.3. The summed E-state index contributed by atoms with van der Waals surface area (Å²) in [5.74, 6) is -8.14. The number of nitrogens with one attached hydrogen (secondary N) is 1. The number of H-pyrrole nitrogens is 1. The standard InChI is InChI=1S/C34H39FN6O2.3C2HF3O2/c1-6-42-24-16-26(31(35)29(17-24)43-20-34(2,3)19-41(4)5)30(33-38-18-28(40-33)21-10-8-7-9-11-21)27-15-22-14-23(36)12-13-25(22)32(37)39-27;3*3-2(4,5)1(6)7/h7-18,30H,6,19-20,36H2,1-5H3,(H2,37,39)(H,38,40);3*(H,6,7). The van der Waals surface area contributed by atoms with Gasteiger partial charge in [0, 0.05) is 46.4 Å². The van der Waals surface area contributed by atoms with Crippen LogP contribution in [0.1, 0.15) is 43.8 Å². The molecule has 1 atom stereocenters. The van der Waals surface area contributed by atoms with Crippen molar-refractivity contribution >= 4 is 40.2 Å².